The molecule has 1 saturated heterocycles. The molecule has 1 atom stereocenters. The van der Waals surface area contributed by atoms with Gasteiger partial charge in [-0.15, -0.1) is 0 Å². The highest BCUT2D eigenvalue weighted by atomic mass is 35.5. The summed E-state index contributed by atoms with van der Waals surface area (Å²) in [5.41, 5.74) is -0.0572. The van der Waals surface area contributed by atoms with Gasteiger partial charge < -0.3 is 5.32 Å². The summed E-state index contributed by atoms with van der Waals surface area (Å²) in [6, 6.07) is 5.15. The van der Waals surface area contributed by atoms with Crippen LogP contribution in [0.5, 0.6) is 0 Å². The van der Waals surface area contributed by atoms with Crippen molar-refractivity contribution in [1.82, 2.24) is 9.62 Å². The van der Waals surface area contributed by atoms with Gasteiger partial charge in [-0.05, 0) is 50.5 Å². The third-order valence-corrected chi connectivity index (χ3v) is 7.27. The molecule has 160 valence electrons. The molecule has 9 heteroatoms. The van der Waals surface area contributed by atoms with Crippen LogP contribution >= 0.6 is 11.6 Å². The first-order chi connectivity index (χ1) is 13.5. The smallest absolute Gasteiger partial charge is 0.247 e. The minimum atomic E-state index is -3.63. The Hall–Kier alpha value is -1.64. The highest BCUT2D eigenvalue weighted by molar-refractivity contribution is 7.88. The maximum atomic E-state index is 13.4. The van der Waals surface area contributed by atoms with Crippen LogP contribution in [0.3, 0.4) is 0 Å². The van der Waals surface area contributed by atoms with Crippen LogP contribution < -0.4 is 10.2 Å². The first kappa shape index (κ1) is 22.1. The third kappa shape index (κ3) is 4.59. The van der Waals surface area contributed by atoms with E-state index in [1.807, 2.05) is 6.92 Å². The number of benzene rings is 1. The van der Waals surface area contributed by atoms with E-state index in [1.54, 1.807) is 25.1 Å². The molecule has 1 aromatic carbocycles. The molecule has 29 heavy (non-hydrogen) atoms. The number of carbonyl (C=O) groups is 2. The zero-order valence-electron chi connectivity index (χ0n) is 17.1. The molecule has 1 N–H and O–H groups in total. The molecule has 7 nitrogen and oxygen atoms in total. The number of aryl methyl sites for hydroxylation is 1. The van der Waals surface area contributed by atoms with E-state index in [0.717, 1.165) is 48.2 Å². The number of hydrogen-bond acceptors (Lipinski definition) is 4. The van der Waals surface area contributed by atoms with E-state index in [1.165, 1.54) is 4.90 Å². The van der Waals surface area contributed by atoms with E-state index in [4.69, 9.17) is 11.6 Å². The molecule has 2 fully saturated rings. The fourth-order valence-corrected chi connectivity index (χ4v) is 5.29. The van der Waals surface area contributed by atoms with Gasteiger partial charge in [0.25, 0.3) is 0 Å². The molecule has 0 bridgehead atoms. The number of carbonyl (C=O) groups excluding carboxylic acids is 2. The Morgan fingerprint density at radius 2 is 1.90 bits per heavy atom. The Kier molecular flexibility index (Phi) is 6.27. The van der Waals surface area contributed by atoms with Crippen molar-refractivity contribution in [2.24, 2.45) is 0 Å². The Balaban J connectivity index is 2.01. The van der Waals surface area contributed by atoms with E-state index in [-0.39, 0.29) is 25.0 Å². The molecule has 0 radical (unpaired) electrons. The Labute approximate surface area is 177 Å². The number of nitrogens with one attached hydrogen (secondary N) is 1. The first-order valence-electron chi connectivity index (χ1n) is 9.87. The van der Waals surface area contributed by atoms with Crippen LogP contribution in [-0.2, 0) is 19.6 Å². The van der Waals surface area contributed by atoms with Crippen molar-refractivity contribution in [3.8, 4) is 0 Å². The lowest BCUT2D eigenvalue weighted by Gasteiger charge is -2.47. The lowest BCUT2D eigenvalue weighted by Crippen LogP contribution is -2.70. The highest BCUT2D eigenvalue weighted by Gasteiger charge is 2.50. The topological polar surface area (TPSA) is 86.8 Å². The van der Waals surface area contributed by atoms with Crippen molar-refractivity contribution < 1.29 is 18.0 Å². The zero-order valence-corrected chi connectivity index (χ0v) is 18.6. The lowest BCUT2D eigenvalue weighted by molar-refractivity contribution is -0.133. The summed E-state index contributed by atoms with van der Waals surface area (Å²) < 4.78 is 25.5. The average molecular weight is 442 g/mol. The SMILES string of the molecule is Cc1cc(Cl)ccc1N1C(=O)CN(S(C)(=O)=O)CC1(C)C(=O)NC1CCCCC1. The van der Waals surface area contributed by atoms with Gasteiger partial charge in [0.2, 0.25) is 21.8 Å². The number of sulfonamides is 1. The quantitative estimate of drug-likeness (QED) is 0.777. The third-order valence-electron chi connectivity index (χ3n) is 5.84. The van der Waals surface area contributed by atoms with Crippen molar-refractivity contribution in [2.45, 2.75) is 57.5 Å². The summed E-state index contributed by atoms with van der Waals surface area (Å²) >= 11 is 6.07. The molecule has 1 aliphatic carbocycles. The summed E-state index contributed by atoms with van der Waals surface area (Å²) in [5, 5.41) is 3.60. The fraction of sp³-hybridized carbons (Fsp3) is 0.600. The number of halogens is 1. The molecule has 3 rings (SSSR count). The molecule has 1 aliphatic heterocycles. The molecule has 0 aromatic heterocycles. The summed E-state index contributed by atoms with van der Waals surface area (Å²) in [4.78, 5) is 28.0. The van der Waals surface area contributed by atoms with Gasteiger partial charge in [0.1, 0.15) is 5.54 Å². The predicted octanol–water partition coefficient (Wildman–Crippen LogP) is 2.46. The number of piperazine rings is 1. The zero-order chi connectivity index (χ0) is 21.4. The largest absolute Gasteiger partial charge is 0.351 e. The number of nitrogens with zero attached hydrogens (tertiary/aromatic N) is 2. The predicted molar refractivity (Wildman–Crippen MR) is 114 cm³/mol. The van der Waals surface area contributed by atoms with Gasteiger partial charge in [0.05, 0.1) is 12.8 Å². The number of hydrogen-bond donors (Lipinski definition) is 1. The summed E-state index contributed by atoms with van der Waals surface area (Å²) in [6.45, 7) is 3.05. The molecule has 1 unspecified atom stereocenters. The summed E-state index contributed by atoms with van der Waals surface area (Å²) in [5.74, 6) is -0.770. The Bertz CT molecular complexity index is 914. The molecular weight excluding hydrogens is 414 g/mol. The lowest BCUT2D eigenvalue weighted by atomic mass is 9.91. The van der Waals surface area contributed by atoms with Gasteiger partial charge >= 0.3 is 0 Å². The molecule has 0 spiro atoms. The minimum Gasteiger partial charge on any atom is -0.351 e. The summed E-state index contributed by atoms with van der Waals surface area (Å²) in [7, 11) is -3.63. The number of rotatable bonds is 4. The molecule has 2 amide bonds. The van der Waals surface area contributed by atoms with Crippen LogP contribution in [0.1, 0.15) is 44.6 Å². The minimum absolute atomic E-state index is 0.0463. The Morgan fingerprint density at radius 1 is 1.24 bits per heavy atom. The van der Waals surface area contributed by atoms with Gasteiger partial charge in [-0.3, -0.25) is 14.5 Å². The first-order valence-corrected chi connectivity index (χ1v) is 12.1. The standard InChI is InChI=1S/C20H28ClN3O4S/c1-14-11-15(21)9-10-17(14)24-18(25)12-23(29(3,27)28)13-20(24,2)19(26)22-16-7-5-4-6-8-16/h9-11,16H,4-8,12-13H2,1-3H3,(H,22,26). The molecule has 1 aromatic rings. The maximum Gasteiger partial charge on any atom is 0.247 e. The van der Waals surface area contributed by atoms with E-state index < -0.39 is 21.5 Å². The molecule has 2 aliphatic rings. The molecule has 1 heterocycles. The van der Waals surface area contributed by atoms with Gasteiger partial charge in [-0.2, -0.15) is 4.31 Å². The van der Waals surface area contributed by atoms with E-state index in [9.17, 15) is 18.0 Å². The summed E-state index contributed by atoms with van der Waals surface area (Å²) in [6.07, 6.45) is 6.10. The van der Waals surface area contributed by atoms with Crippen molar-refractivity contribution in [1.29, 1.82) is 0 Å². The highest BCUT2D eigenvalue weighted by Crippen LogP contribution is 2.34. The number of amides is 2. The monoisotopic (exact) mass is 441 g/mol. The van der Waals surface area contributed by atoms with Crippen molar-refractivity contribution >= 4 is 39.1 Å². The average Bonchev–Trinajstić information content (AvgIpc) is 2.63. The van der Waals surface area contributed by atoms with Crippen LogP contribution in [-0.4, -0.2) is 55.5 Å². The normalized spacial score (nSPS) is 24.6. The number of anilines is 1. The van der Waals surface area contributed by atoms with Crippen molar-refractivity contribution in [2.75, 3.05) is 24.2 Å². The van der Waals surface area contributed by atoms with Gasteiger partial charge in [-0.1, -0.05) is 30.9 Å². The second kappa shape index (κ2) is 8.24. The molecular formula is C20H28ClN3O4S. The van der Waals surface area contributed by atoms with E-state index in [2.05, 4.69) is 5.32 Å². The van der Waals surface area contributed by atoms with Crippen LogP contribution in [0.4, 0.5) is 5.69 Å². The van der Waals surface area contributed by atoms with E-state index >= 15 is 0 Å². The Morgan fingerprint density at radius 3 is 2.48 bits per heavy atom. The second-order valence-corrected chi connectivity index (χ2v) is 10.7. The van der Waals surface area contributed by atoms with Crippen LogP contribution in [0.15, 0.2) is 18.2 Å². The van der Waals surface area contributed by atoms with Crippen LogP contribution in [0, 0.1) is 6.92 Å². The van der Waals surface area contributed by atoms with Crippen molar-refractivity contribution in [3.63, 3.8) is 0 Å². The van der Waals surface area contributed by atoms with Gasteiger partial charge in [0.15, 0.2) is 0 Å². The van der Waals surface area contributed by atoms with Crippen molar-refractivity contribution in [3.05, 3.63) is 28.8 Å². The van der Waals surface area contributed by atoms with Crippen LogP contribution in [0.25, 0.3) is 0 Å². The fourth-order valence-electron chi connectivity index (χ4n) is 4.23. The van der Waals surface area contributed by atoms with Gasteiger partial charge in [-0.25, -0.2) is 8.42 Å². The van der Waals surface area contributed by atoms with Gasteiger partial charge in [0, 0.05) is 23.3 Å². The maximum absolute atomic E-state index is 13.4. The van der Waals surface area contributed by atoms with E-state index in [0.29, 0.717) is 10.7 Å². The molecule has 1 saturated carbocycles. The second-order valence-electron chi connectivity index (χ2n) is 8.27. The van der Waals surface area contributed by atoms with Crippen LogP contribution in [0.2, 0.25) is 5.02 Å².